The molecule has 1 aromatic heterocycles. The van der Waals surface area contributed by atoms with Gasteiger partial charge in [0.05, 0.1) is 12.6 Å². The van der Waals surface area contributed by atoms with Crippen LogP contribution in [0, 0.1) is 5.92 Å². The minimum Gasteiger partial charge on any atom is -0.479 e. The highest BCUT2D eigenvalue weighted by atomic mass is 16.5. The topological polar surface area (TPSA) is 78.1 Å². The van der Waals surface area contributed by atoms with E-state index in [1.807, 2.05) is 0 Å². The molecule has 2 unspecified atom stereocenters. The molecule has 0 spiro atoms. The van der Waals surface area contributed by atoms with Gasteiger partial charge in [-0.05, 0) is 18.8 Å². The molecule has 0 radical (unpaired) electrons. The number of rotatable bonds is 3. The van der Waals surface area contributed by atoms with E-state index >= 15 is 0 Å². The Labute approximate surface area is 107 Å². The lowest BCUT2D eigenvalue weighted by Crippen LogP contribution is -2.51. The molecular weight excluding hydrogens is 230 g/mol. The summed E-state index contributed by atoms with van der Waals surface area (Å²) in [4.78, 5) is 20.6. The Kier molecular flexibility index (Phi) is 3.61. The quantitative estimate of drug-likeness (QED) is 0.823. The highest BCUT2D eigenvalue weighted by Gasteiger charge is 2.40. The van der Waals surface area contributed by atoms with Crippen LogP contribution in [0.1, 0.15) is 43.1 Å². The van der Waals surface area contributed by atoms with Crippen molar-refractivity contribution < 1.29 is 9.53 Å². The van der Waals surface area contributed by atoms with E-state index in [1.165, 1.54) is 19.5 Å². The van der Waals surface area contributed by atoms with E-state index in [0.29, 0.717) is 18.8 Å². The maximum absolute atomic E-state index is 12.5. The SMILES string of the molecule is COc1nccnc1C(=O)C1(N)CCCC(C)C1. The van der Waals surface area contributed by atoms with Gasteiger partial charge in [0.15, 0.2) is 5.69 Å². The molecule has 1 aliphatic carbocycles. The van der Waals surface area contributed by atoms with E-state index in [0.717, 1.165) is 12.8 Å². The third kappa shape index (κ3) is 2.36. The number of Topliss-reactive ketones (excluding diaryl/α,β-unsaturated/α-hetero) is 1. The number of methoxy groups -OCH3 is 1. The predicted octanol–water partition coefficient (Wildman–Crippen LogP) is 1.58. The van der Waals surface area contributed by atoms with Gasteiger partial charge in [0.25, 0.3) is 0 Å². The minimum atomic E-state index is -0.818. The Morgan fingerprint density at radius 3 is 2.89 bits per heavy atom. The van der Waals surface area contributed by atoms with Gasteiger partial charge in [-0.2, -0.15) is 0 Å². The van der Waals surface area contributed by atoms with Crippen LogP contribution in [0.3, 0.4) is 0 Å². The minimum absolute atomic E-state index is 0.154. The van der Waals surface area contributed by atoms with E-state index < -0.39 is 5.54 Å². The van der Waals surface area contributed by atoms with Crippen LogP contribution in [0.4, 0.5) is 0 Å². The molecule has 2 N–H and O–H groups in total. The zero-order valence-corrected chi connectivity index (χ0v) is 10.8. The molecule has 0 aliphatic heterocycles. The number of nitrogens with zero attached hydrogens (tertiary/aromatic N) is 2. The van der Waals surface area contributed by atoms with Crippen LogP contribution in [0.15, 0.2) is 12.4 Å². The van der Waals surface area contributed by atoms with Crippen LogP contribution < -0.4 is 10.5 Å². The maximum Gasteiger partial charge on any atom is 0.243 e. The zero-order chi connectivity index (χ0) is 13.2. The van der Waals surface area contributed by atoms with Crippen LogP contribution in [0.25, 0.3) is 0 Å². The van der Waals surface area contributed by atoms with Gasteiger partial charge in [0, 0.05) is 12.4 Å². The summed E-state index contributed by atoms with van der Waals surface area (Å²) in [7, 11) is 1.48. The molecule has 1 heterocycles. The Balaban J connectivity index is 2.30. The number of nitrogens with two attached hydrogens (primary N) is 1. The fourth-order valence-electron chi connectivity index (χ4n) is 2.66. The molecule has 1 aromatic rings. The third-order valence-corrected chi connectivity index (χ3v) is 3.56. The van der Waals surface area contributed by atoms with Crippen molar-refractivity contribution in [1.29, 1.82) is 0 Å². The predicted molar refractivity (Wildman–Crippen MR) is 67.5 cm³/mol. The monoisotopic (exact) mass is 249 g/mol. The van der Waals surface area contributed by atoms with Crippen molar-refractivity contribution in [2.45, 2.75) is 38.1 Å². The van der Waals surface area contributed by atoms with E-state index in [1.54, 1.807) is 0 Å². The molecule has 5 nitrogen and oxygen atoms in total. The van der Waals surface area contributed by atoms with Crippen LogP contribution >= 0.6 is 0 Å². The van der Waals surface area contributed by atoms with Gasteiger partial charge >= 0.3 is 0 Å². The van der Waals surface area contributed by atoms with Crippen molar-refractivity contribution in [2.75, 3.05) is 7.11 Å². The smallest absolute Gasteiger partial charge is 0.243 e. The standard InChI is InChI=1S/C13H19N3O2/c1-9-4-3-5-13(14,8-9)11(17)10-12(18-2)16-7-6-15-10/h6-7,9H,3-5,8,14H2,1-2H3. The van der Waals surface area contributed by atoms with Gasteiger partial charge in [0.2, 0.25) is 11.7 Å². The lowest BCUT2D eigenvalue weighted by atomic mass is 9.74. The number of hydrogen-bond acceptors (Lipinski definition) is 5. The highest BCUT2D eigenvalue weighted by Crippen LogP contribution is 2.33. The third-order valence-electron chi connectivity index (χ3n) is 3.56. The first-order chi connectivity index (χ1) is 8.57. The second-order valence-electron chi connectivity index (χ2n) is 5.10. The zero-order valence-electron chi connectivity index (χ0n) is 10.8. The molecule has 0 aromatic carbocycles. The summed E-state index contributed by atoms with van der Waals surface area (Å²) in [5.74, 6) is 0.569. The molecule has 1 saturated carbocycles. The second kappa shape index (κ2) is 5.02. The van der Waals surface area contributed by atoms with E-state index in [-0.39, 0.29) is 17.4 Å². The van der Waals surface area contributed by atoms with Crippen LogP contribution in [-0.2, 0) is 0 Å². The average molecular weight is 249 g/mol. The molecule has 5 heteroatoms. The molecule has 2 rings (SSSR count). The lowest BCUT2D eigenvalue weighted by molar-refractivity contribution is 0.0809. The molecular formula is C13H19N3O2. The average Bonchev–Trinajstić information content (AvgIpc) is 2.37. The molecule has 0 amide bonds. The number of carbonyl (C=O) groups excluding carboxylic acids is 1. The van der Waals surface area contributed by atoms with Crippen LogP contribution in [0.5, 0.6) is 5.88 Å². The van der Waals surface area contributed by atoms with Gasteiger partial charge in [0.1, 0.15) is 0 Å². The van der Waals surface area contributed by atoms with Crippen molar-refractivity contribution in [2.24, 2.45) is 11.7 Å². The Hall–Kier alpha value is -1.49. The Morgan fingerprint density at radius 1 is 1.50 bits per heavy atom. The van der Waals surface area contributed by atoms with Crippen molar-refractivity contribution in [3.63, 3.8) is 0 Å². The van der Waals surface area contributed by atoms with Gasteiger partial charge in [-0.15, -0.1) is 0 Å². The summed E-state index contributed by atoms with van der Waals surface area (Å²) in [5.41, 5.74) is 5.70. The largest absolute Gasteiger partial charge is 0.479 e. The number of hydrogen-bond donors (Lipinski definition) is 1. The summed E-state index contributed by atoms with van der Waals surface area (Å²) in [5, 5.41) is 0. The van der Waals surface area contributed by atoms with Crippen LogP contribution in [0.2, 0.25) is 0 Å². The van der Waals surface area contributed by atoms with E-state index in [9.17, 15) is 4.79 Å². The summed E-state index contributed by atoms with van der Waals surface area (Å²) in [6.45, 7) is 2.13. The summed E-state index contributed by atoms with van der Waals surface area (Å²) in [6.07, 6.45) is 6.50. The van der Waals surface area contributed by atoms with Gasteiger partial charge < -0.3 is 10.5 Å². The number of ketones is 1. The first-order valence-corrected chi connectivity index (χ1v) is 6.25. The lowest BCUT2D eigenvalue weighted by Gasteiger charge is -2.35. The second-order valence-corrected chi connectivity index (χ2v) is 5.10. The Morgan fingerprint density at radius 2 is 2.22 bits per heavy atom. The molecule has 0 saturated heterocycles. The molecule has 1 fully saturated rings. The van der Waals surface area contributed by atoms with Gasteiger partial charge in [-0.25, -0.2) is 9.97 Å². The first kappa shape index (κ1) is 13.0. The fraction of sp³-hybridized carbons (Fsp3) is 0.615. The highest BCUT2D eigenvalue weighted by molar-refractivity contribution is 6.03. The first-order valence-electron chi connectivity index (χ1n) is 6.25. The summed E-state index contributed by atoms with van der Waals surface area (Å²) in [6, 6.07) is 0. The molecule has 0 bridgehead atoms. The van der Waals surface area contributed by atoms with Crippen molar-refractivity contribution >= 4 is 5.78 Å². The van der Waals surface area contributed by atoms with Crippen molar-refractivity contribution in [3.8, 4) is 5.88 Å². The number of aromatic nitrogens is 2. The van der Waals surface area contributed by atoms with E-state index in [2.05, 4.69) is 16.9 Å². The van der Waals surface area contributed by atoms with Gasteiger partial charge in [-0.1, -0.05) is 19.8 Å². The fourth-order valence-corrected chi connectivity index (χ4v) is 2.66. The maximum atomic E-state index is 12.5. The Bertz CT molecular complexity index is 450. The van der Waals surface area contributed by atoms with Gasteiger partial charge in [-0.3, -0.25) is 4.79 Å². The number of carbonyl (C=O) groups is 1. The van der Waals surface area contributed by atoms with Crippen LogP contribution in [-0.4, -0.2) is 28.4 Å². The van der Waals surface area contributed by atoms with E-state index in [4.69, 9.17) is 10.5 Å². The number of ether oxygens (including phenoxy) is 1. The molecule has 1 aliphatic rings. The summed E-state index contributed by atoms with van der Waals surface area (Å²) < 4.78 is 5.08. The summed E-state index contributed by atoms with van der Waals surface area (Å²) >= 11 is 0. The molecule has 18 heavy (non-hydrogen) atoms. The molecule has 2 atom stereocenters. The van der Waals surface area contributed by atoms with Crippen molar-refractivity contribution in [3.05, 3.63) is 18.1 Å². The van der Waals surface area contributed by atoms with Crippen molar-refractivity contribution in [1.82, 2.24) is 9.97 Å². The normalized spacial score (nSPS) is 27.8. The molecule has 98 valence electrons.